The second-order valence-corrected chi connectivity index (χ2v) is 5.25. The third kappa shape index (κ3) is 9.74. The summed E-state index contributed by atoms with van der Waals surface area (Å²) in [5.74, 6) is -1.45. The zero-order valence-electron chi connectivity index (χ0n) is 12.5. The molecule has 0 fully saturated rings. The summed E-state index contributed by atoms with van der Waals surface area (Å²) in [6.45, 7) is -0.561. The molecule has 0 saturated carbocycles. The number of carboxylic acid groups (broad SMARTS) is 1. The fourth-order valence-corrected chi connectivity index (χ4v) is 2.12. The van der Waals surface area contributed by atoms with Crippen molar-refractivity contribution in [3.05, 3.63) is 0 Å². The average Bonchev–Trinajstić information content (AvgIpc) is 2.47. The molecule has 0 rings (SSSR count). The van der Waals surface area contributed by atoms with Crippen molar-refractivity contribution in [3.63, 3.8) is 0 Å². The van der Waals surface area contributed by atoms with E-state index < -0.39 is 24.6 Å². The summed E-state index contributed by atoms with van der Waals surface area (Å²) >= 11 is 4.78. The molecule has 0 aliphatic rings. The fourth-order valence-electron chi connectivity index (χ4n) is 1.99. The van der Waals surface area contributed by atoms with E-state index in [0.29, 0.717) is 25.8 Å². The number of aliphatic hydroxyl groups is 2. The lowest BCUT2D eigenvalue weighted by Crippen LogP contribution is -2.47. The summed E-state index contributed by atoms with van der Waals surface area (Å²) in [5.41, 5.74) is 5.55. The number of nitrogens with two attached hydrogens (primary N) is 1. The van der Waals surface area contributed by atoms with Crippen molar-refractivity contribution in [2.45, 2.75) is 31.4 Å². The number of aliphatic carboxylic acids is 1. The highest BCUT2D eigenvalue weighted by Gasteiger charge is 2.22. The smallest absolute Gasteiger partial charge is 0.317 e. The molecule has 0 heterocycles. The third-order valence-electron chi connectivity index (χ3n) is 3.06. The molecule has 0 aromatic rings. The molecule has 6 N–H and O–H groups in total. The molecule has 9 heteroatoms. The van der Waals surface area contributed by atoms with E-state index in [0.717, 1.165) is 0 Å². The Morgan fingerprint density at radius 3 is 2.50 bits per heavy atom. The highest BCUT2D eigenvalue weighted by atomic mass is 32.1. The summed E-state index contributed by atoms with van der Waals surface area (Å²) < 4.78 is 0. The number of rotatable bonds is 13. The number of carboxylic acids is 1. The maximum absolute atomic E-state index is 11.8. The van der Waals surface area contributed by atoms with E-state index >= 15 is 0 Å². The van der Waals surface area contributed by atoms with Gasteiger partial charge in [-0.05, 0) is 31.2 Å². The van der Waals surface area contributed by atoms with Crippen molar-refractivity contribution in [2.75, 3.05) is 32.8 Å². The molecule has 0 radical (unpaired) electrons. The number of hydrogen-bond acceptors (Lipinski definition) is 7. The number of nitrogens with one attached hydrogen (secondary N) is 1. The first-order chi connectivity index (χ1) is 10.4. The van der Waals surface area contributed by atoms with Gasteiger partial charge in [-0.15, -0.1) is 0 Å². The Bertz CT molecular complexity index is 357. The van der Waals surface area contributed by atoms with Gasteiger partial charge in [0.1, 0.15) is 0 Å². The molecule has 0 aliphatic heterocycles. The lowest BCUT2D eigenvalue weighted by molar-refractivity contribution is -0.139. The van der Waals surface area contributed by atoms with Crippen molar-refractivity contribution in [3.8, 4) is 0 Å². The van der Waals surface area contributed by atoms with Crippen molar-refractivity contribution in [1.82, 2.24) is 10.2 Å². The Morgan fingerprint density at radius 1 is 1.32 bits per heavy atom. The van der Waals surface area contributed by atoms with Gasteiger partial charge in [-0.3, -0.25) is 14.5 Å². The number of carbonyl (C=O) groups excluding carboxylic acids is 1. The van der Waals surface area contributed by atoms with Crippen LogP contribution in [0.3, 0.4) is 0 Å². The van der Waals surface area contributed by atoms with Crippen LogP contribution in [0.4, 0.5) is 0 Å². The minimum absolute atomic E-state index is 0.0856. The standard InChI is InChI=1S/C13H25N3O5S/c14-4-3-10(2-1-5-22)16(8-13(20)21)7-12(19)15-6-11(18)9-17/h5,10-11,17-18H,1-4,6-9,14H2,(H,15,19)(H,20,21). The Kier molecular flexibility index (Phi) is 11.8. The number of carbonyl (C=O) groups is 2. The van der Waals surface area contributed by atoms with Crippen LogP contribution in [0, 0.1) is 0 Å². The van der Waals surface area contributed by atoms with Crippen molar-refractivity contribution < 1.29 is 24.9 Å². The van der Waals surface area contributed by atoms with Gasteiger partial charge in [0, 0.05) is 12.6 Å². The highest BCUT2D eigenvalue weighted by molar-refractivity contribution is 7.78. The van der Waals surface area contributed by atoms with Gasteiger partial charge >= 0.3 is 5.97 Å². The van der Waals surface area contributed by atoms with Crippen molar-refractivity contribution in [2.24, 2.45) is 5.73 Å². The molecular weight excluding hydrogens is 310 g/mol. The number of nitrogens with zero attached hydrogens (tertiary/aromatic N) is 1. The quantitative estimate of drug-likeness (QED) is 0.252. The second kappa shape index (κ2) is 12.4. The molecule has 2 unspecified atom stereocenters. The van der Waals surface area contributed by atoms with Crippen LogP contribution >= 0.6 is 12.2 Å². The van der Waals surface area contributed by atoms with E-state index in [-0.39, 0.29) is 25.7 Å². The van der Waals surface area contributed by atoms with Gasteiger partial charge in [0.25, 0.3) is 0 Å². The van der Waals surface area contributed by atoms with E-state index in [2.05, 4.69) is 5.32 Å². The van der Waals surface area contributed by atoms with Gasteiger partial charge in [0.2, 0.25) is 5.91 Å². The predicted molar refractivity (Wildman–Crippen MR) is 85.7 cm³/mol. The predicted octanol–water partition coefficient (Wildman–Crippen LogP) is -1.66. The minimum atomic E-state index is -1.04. The number of aliphatic hydroxyl groups excluding tert-OH is 2. The molecule has 0 saturated heterocycles. The van der Waals surface area contributed by atoms with Crippen LogP contribution in [-0.2, 0) is 9.59 Å². The normalized spacial score (nSPS) is 13.6. The topological polar surface area (TPSA) is 136 Å². The molecule has 2 atom stereocenters. The molecule has 0 aliphatic carbocycles. The largest absolute Gasteiger partial charge is 0.480 e. The van der Waals surface area contributed by atoms with Crippen LogP contribution < -0.4 is 11.1 Å². The molecule has 128 valence electrons. The zero-order chi connectivity index (χ0) is 17.0. The number of amides is 1. The summed E-state index contributed by atoms with van der Waals surface area (Å²) in [6.07, 6.45) is 0.774. The van der Waals surface area contributed by atoms with Gasteiger partial charge in [-0.2, -0.15) is 0 Å². The Labute approximate surface area is 135 Å². The summed E-state index contributed by atoms with van der Waals surface area (Å²) in [4.78, 5) is 24.4. The molecule has 0 spiro atoms. The molecule has 0 aromatic heterocycles. The first kappa shape index (κ1) is 20.9. The maximum atomic E-state index is 11.8. The van der Waals surface area contributed by atoms with Crippen LogP contribution in [0.15, 0.2) is 0 Å². The van der Waals surface area contributed by atoms with E-state index in [1.807, 2.05) is 0 Å². The SMILES string of the molecule is NCCC(CCC=S)N(CC(=O)O)CC(=O)NCC(O)CO. The molecule has 1 amide bonds. The lowest BCUT2D eigenvalue weighted by atomic mass is 10.1. The van der Waals surface area contributed by atoms with Crippen LogP contribution in [0.25, 0.3) is 0 Å². The van der Waals surface area contributed by atoms with Crippen LogP contribution in [-0.4, -0.2) is 82.4 Å². The third-order valence-corrected chi connectivity index (χ3v) is 3.30. The Balaban J connectivity index is 4.66. The second-order valence-electron chi connectivity index (χ2n) is 4.91. The molecule has 0 aromatic carbocycles. The van der Waals surface area contributed by atoms with Crippen molar-refractivity contribution in [1.29, 1.82) is 0 Å². The van der Waals surface area contributed by atoms with Crippen LogP contribution in [0.2, 0.25) is 0 Å². The Hall–Kier alpha value is -1.13. The summed E-state index contributed by atoms with van der Waals surface area (Å²) in [7, 11) is 0. The van der Waals surface area contributed by atoms with Crippen LogP contribution in [0.1, 0.15) is 19.3 Å². The lowest BCUT2D eigenvalue weighted by Gasteiger charge is -2.29. The molecule has 0 bridgehead atoms. The molecule has 22 heavy (non-hydrogen) atoms. The van der Waals surface area contributed by atoms with Gasteiger partial charge < -0.3 is 26.4 Å². The average molecular weight is 335 g/mol. The van der Waals surface area contributed by atoms with E-state index in [4.69, 9.17) is 28.2 Å². The fraction of sp³-hybridized carbons (Fsp3) is 0.769. The van der Waals surface area contributed by atoms with E-state index in [9.17, 15) is 14.7 Å². The van der Waals surface area contributed by atoms with Gasteiger partial charge in [-0.1, -0.05) is 12.2 Å². The van der Waals surface area contributed by atoms with Gasteiger partial charge in [0.15, 0.2) is 0 Å². The molecular formula is C13H25N3O5S. The van der Waals surface area contributed by atoms with Crippen molar-refractivity contribution >= 4 is 29.5 Å². The van der Waals surface area contributed by atoms with Crippen LogP contribution in [0.5, 0.6) is 0 Å². The number of hydrogen-bond donors (Lipinski definition) is 5. The first-order valence-corrected chi connectivity index (χ1v) is 7.56. The zero-order valence-corrected chi connectivity index (χ0v) is 13.3. The van der Waals surface area contributed by atoms with E-state index in [1.165, 1.54) is 4.90 Å². The maximum Gasteiger partial charge on any atom is 0.317 e. The monoisotopic (exact) mass is 335 g/mol. The Morgan fingerprint density at radius 2 is 2.00 bits per heavy atom. The molecule has 8 nitrogen and oxygen atoms in total. The summed E-state index contributed by atoms with van der Waals surface area (Å²) in [5, 5.41) is 30.9. The van der Waals surface area contributed by atoms with E-state index in [1.54, 1.807) is 5.37 Å². The minimum Gasteiger partial charge on any atom is -0.480 e. The number of thiocarbonyl (C=S) groups is 1. The first-order valence-electron chi connectivity index (χ1n) is 7.09. The van der Waals surface area contributed by atoms with Gasteiger partial charge in [-0.25, -0.2) is 0 Å². The summed E-state index contributed by atoms with van der Waals surface area (Å²) in [6, 6.07) is -0.159. The van der Waals surface area contributed by atoms with Gasteiger partial charge in [0.05, 0.1) is 25.8 Å². The highest BCUT2D eigenvalue weighted by Crippen LogP contribution is 2.10.